The first kappa shape index (κ1) is 7.37. The minimum Gasteiger partial charge on any atom is -0.276 e. The molecule has 0 saturated heterocycles. The Morgan fingerprint density at radius 2 is 2.00 bits per heavy atom. The van der Waals surface area contributed by atoms with E-state index in [0.29, 0.717) is 0 Å². The van der Waals surface area contributed by atoms with Crippen LogP contribution in [0.3, 0.4) is 0 Å². The van der Waals surface area contributed by atoms with Crippen molar-refractivity contribution in [3.63, 3.8) is 0 Å². The molecule has 2 aromatic rings. The van der Waals surface area contributed by atoms with E-state index in [2.05, 4.69) is 16.4 Å². The predicted octanol–water partition coefficient (Wildman–Crippen LogP) is 2.53. The van der Waals surface area contributed by atoms with E-state index in [1.54, 1.807) is 6.07 Å². The van der Waals surface area contributed by atoms with E-state index >= 15 is 0 Å². The maximum Gasteiger partial charge on any atom is 0.0927 e. The van der Waals surface area contributed by atoms with Crippen molar-refractivity contribution >= 4 is 11.6 Å². The second-order valence-corrected chi connectivity index (χ2v) is 2.84. The highest BCUT2D eigenvalue weighted by Gasteiger charge is 1.97. The van der Waals surface area contributed by atoms with Gasteiger partial charge in [-0.2, -0.15) is 5.10 Å². The lowest BCUT2D eigenvalue weighted by Crippen LogP contribution is -1.76. The number of benzene rings is 1. The normalized spacial score (nSPS) is 10.1. The summed E-state index contributed by atoms with van der Waals surface area (Å²) in [6.45, 7) is 0. The standard InChI is InChI=1S/C9H6ClN2/c10-8-3-1-7(2-4-8)9-5-6-11-12-9/h1-5H,(H,11,12). The third-order valence-electron chi connectivity index (χ3n) is 1.59. The number of halogens is 1. The van der Waals surface area contributed by atoms with Crippen LogP contribution in [0.2, 0.25) is 5.02 Å². The smallest absolute Gasteiger partial charge is 0.0927 e. The molecule has 59 valence electrons. The van der Waals surface area contributed by atoms with Crippen molar-refractivity contribution in [3.8, 4) is 11.3 Å². The molecule has 2 rings (SSSR count). The van der Waals surface area contributed by atoms with E-state index in [9.17, 15) is 0 Å². The van der Waals surface area contributed by atoms with Crippen LogP contribution in [-0.2, 0) is 0 Å². The first-order chi connectivity index (χ1) is 5.86. The molecule has 1 heterocycles. The Hall–Kier alpha value is -1.28. The van der Waals surface area contributed by atoms with Crippen LogP contribution in [0.1, 0.15) is 0 Å². The van der Waals surface area contributed by atoms with Crippen molar-refractivity contribution in [1.82, 2.24) is 10.2 Å². The highest BCUT2D eigenvalue weighted by Crippen LogP contribution is 2.18. The van der Waals surface area contributed by atoms with Gasteiger partial charge < -0.3 is 0 Å². The van der Waals surface area contributed by atoms with Crippen molar-refractivity contribution in [1.29, 1.82) is 0 Å². The molecule has 0 fully saturated rings. The van der Waals surface area contributed by atoms with Crippen LogP contribution in [0.25, 0.3) is 11.3 Å². The molecule has 0 saturated carbocycles. The van der Waals surface area contributed by atoms with Crippen molar-refractivity contribution in [3.05, 3.63) is 41.6 Å². The van der Waals surface area contributed by atoms with Crippen LogP contribution in [0.4, 0.5) is 0 Å². The van der Waals surface area contributed by atoms with Crippen molar-refractivity contribution in [2.75, 3.05) is 0 Å². The fourth-order valence-corrected chi connectivity index (χ4v) is 1.12. The maximum absolute atomic E-state index is 5.74. The Kier molecular flexibility index (Phi) is 1.84. The van der Waals surface area contributed by atoms with Gasteiger partial charge in [0.2, 0.25) is 0 Å². The molecular weight excluding hydrogens is 172 g/mol. The zero-order chi connectivity index (χ0) is 8.39. The van der Waals surface area contributed by atoms with Gasteiger partial charge in [-0.3, -0.25) is 5.10 Å². The quantitative estimate of drug-likeness (QED) is 0.713. The average molecular weight is 178 g/mol. The molecule has 12 heavy (non-hydrogen) atoms. The maximum atomic E-state index is 5.74. The molecule has 0 atom stereocenters. The molecule has 2 nitrogen and oxygen atoms in total. The lowest BCUT2D eigenvalue weighted by Gasteiger charge is -1.94. The number of nitrogens with zero attached hydrogens (tertiary/aromatic N) is 1. The summed E-state index contributed by atoms with van der Waals surface area (Å²) in [7, 11) is 0. The second kappa shape index (κ2) is 2.99. The summed E-state index contributed by atoms with van der Waals surface area (Å²) in [6.07, 6.45) is 2.77. The first-order valence-corrected chi connectivity index (χ1v) is 3.91. The molecule has 0 amide bonds. The monoisotopic (exact) mass is 177 g/mol. The molecule has 1 radical (unpaired) electrons. The lowest BCUT2D eigenvalue weighted by atomic mass is 10.2. The summed E-state index contributed by atoms with van der Waals surface area (Å²) in [5.74, 6) is 0. The highest BCUT2D eigenvalue weighted by molar-refractivity contribution is 6.30. The topological polar surface area (TPSA) is 28.7 Å². The van der Waals surface area contributed by atoms with Gasteiger partial charge in [0.25, 0.3) is 0 Å². The van der Waals surface area contributed by atoms with Gasteiger partial charge in [-0.05, 0) is 18.2 Å². The van der Waals surface area contributed by atoms with Gasteiger partial charge in [-0.1, -0.05) is 23.7 Å². The van der Waals surface area contributed by atoms with Gasteiger partial charge >= 0.3 is 0 Å². The Morgan fingerprint density at radius 1 is 1.25 bits per heavy atom. The lowest BCUT2D eigenvalue weighted by molar-refractivity contribution is 1.09. The van der Waals surface area contributed by atoms with Crippen LogP contribution < -0.4 is 0 Å². The Balaban J connectivity index is 2.43. The Labute approximate surface area is 75.2 Å². The number of H-pyrrole nitrogens is 1. The fraction of sp³-hybridized carbons (Fsp3) is 0. The van der Waals surface area contributed by atoms with Gasteiger partial charge in [0.1, 0.15) is 0 Å². The molecular formula is C9H6ClN2. The minimum atomic E-state index is 0.735. The minimum absolute atomic E-state index is 0.735. The number of rotatable bonds is 1. The van der Waals surface area contributed by atoms with Gasteiger partial charge in [0.05, 0.1) is 11.9 Å². The number of nitrogens with one attached hydrogen (secondary N) is 1. The Morgan fingerprint density at radius 3 is 2.58 bits per heavy atom. The van der Waals surface area contributed by atoms with E-state index in [0.717, 1.165) is 16.3 Å². The van der Waals surface area contributed by atoms with E-state index in [1.807, 2.05) is 24.3 Å². The predicted molar refractivity (Wildman–Crippen MR) is 47.9 cm³/mol. The highest BCUT2D eigenvalue weighted by atomic mass is 35.5. The van der Waals surface area contributed by atoms with E-state index in [1.165, 1.54) is 0 Å². The molecule has 0 spiro atoms. The summed E-state index contributed by atoms with van der Waals surface area (Å²) in [5, 5.41) is 7.36. The van der Waals surface area contributed by atoms with Crippen molar-refractivity contribution in [2.24, 2.45) is 0 Å². The molecule has 1 N–H and O–H groups in total. The van der Waals surface area contributed by atoms with Crippen LogP contribution in [0.5, 0.6) is 0 Å². The van der Waals surface area contributed by atoms with Crippen LogP contribution in [0, 0.1) is 6.20 Å². The van der Waals surface area contributed by atoms with E-state index in [-0.39, 0.29) is 0 Å². The van der Waals surface area contributed by atoms with Crippen LogP contribution in [0.15, 0.2) is 30.3 Å². The van der Waals surface area contributed by atoms with Gasteiger partial charge in [0, 0.05) is 10.6 Å². The number of aromatic amines is 1. The molecule has 3 heteroatoms. The molecule has 1 aromatic carbocycles. The van der Waals surface area contributed by atoms with Gasteiger partial charge in [0.15, 0.2) is 0 Å². The Bertz CT molecular complexity index is 351. The van der Waals surface area contributed by atoms with Crippen molar-refractivity contribution < 1.29 is 0 Å². The number of hydrogen-bond acceptors (Lipinski definition) is 1. The number of hydrogen-bond donors (Lipinski definition) is 1. The second-order valence-electron chi connectivity index (χ2n) is 2.40. The summed E-state index contributed by atoms with van der Waals surface area (Å²) < 4.78 is 0. The largest absolute Gasteiger partial charge is 0.276 e. The summed E-state index contributed by atoms with van der Waals surface area (Å²) >= 11 is 5.74. The van der Waals surface area contributed by atoms with E-state index in [4.69, 9.17) is 11.6 Å². The van der Waals surface area contributed by atoms with Gasteiger partial charge in [-0.25, -0.2) is 0 Å². The summed E-state index contributed by atoms with van der Waals surface area (Å²) in [5.41, 5.74) is 1.92. The van der Waals surface area contributed by atoms with Crippen LogP contribution >= 0.6 is 11.6 Å². The zero-order valence-corrected chi connectivity index (χ0v) is 6.97. The van der Waals surface area contributed by atoms with Gasteiger partial charge in [-0.15, -0.1) is 0 Å². The molecule has 0 unspecified atom stereocenters. The zero-order valence-electron chi connectivity index (χ0n) is 6.21. The number of aromatic nitrogens is 2. The third kappa shape index (κ3) is 1.34. The van der Waals surface area contributed by atoms with E-state index < -0.39 is 0 Å². The third-order valence-corrected chi connectivity index (χ3v) is 1.84. The fourth-order valence-electron chi connectivity index (χ4n) is 0.994. The molecule has 1 aromatic heterocycles. The SMILES string of the molecule is Clc1ccc(-c2c[c][nH]n2)cc1. The van der Waals surface area contributed by atoms with Crippen molar-refractivity contribution in [2.45, 2.75) is 0 Å². The average Bonchev–Trinajstić information content (AvgIpc) is 2.58. The first-order valence-electron chi connectivity index (χ1n) is 3.53. The summed E-state index contributed by atoms with van der Waals surface area (Å²) in [6, 6.07) is 9.32. The molecule has 0 bridgehead atoms. The molecule has 0 aliphatic heterocycles. The molecule has 0 aliphatic carbocycles. The summed E-state index contributed by atoms with van der Waals surface area (Å²) in [4.78, 5) is 0. The molecule has 0 aliphatic rings. The van der Waals surface area contributed by atoms with Crippen LogP contribution in [-0.4, -0.2) is 10.2 Å².